The van der Waals surface area contributed by atoms with E-state index in [2.05, 4.69) is 15.5 Å². The van der Waals surface area contributed by atoms with Gasteiger partial charge in [-0.25, -0.2) is 10.4 Å². The molecule has 0 aliphatic heterocycles. The molecule has 0 bridgehead atoms. The minimum atomic E-state index is -0.253. The zero-order chi connectivity index (χ0) is 14.1. The SMILES string of the molecule is Cc1nc2ccc(Cl)cn2c1C(=O)NN=C1CCCC1. The van der Waals surface area contributed by atoms with Crippen LogP contribution in [0.4, 0.5) is 0 Å². The van der Waals surface area contributed by atoms with Crippen molar-refractivity contribution in [3.63, 3.8) is 0 Å². The Morgan fingerprint density at radius 1 is 1.40 bits per heavy atom. The third-order valence-electron chi connectivity index (χ3n) is 3.47. The van der Waals surface area contributed by atoms with Gasteiger partial charge >= 0.3 is 0 Å². The third-order valence-corrected chi connectivity index (χ3v) is 3.69. The van der Waals surface area contributed by atoms with Crippen LogP contribution in [0.2, 0.25) is 5.02 Å². The van der Waals surface area contributed by atoms with Crippen LogP contribution >= 0.6 is 11.6 Å². The van der Waals surface area contributed by atoms with Crippen molar-refractivity contribution in [3.05, 3.63) is 34.7 Å². The van der Waals surface area contributed by atoms with Crippen molar-refractivity contribution in [1.82, 2.24) is 14.8 Å². The maximum absolute atomic E-state index is 12.3. The van der Waals surface area contributed by atoms with Gasteiger partial charge in [-0.3, -0.25) is 9.20 Å². The van der Waals surface area contributed by atoms with Gasteiger partial charge in [-0.05, 0) is 44.7 Å². The average Bonchev–Trinajstić information content (AvgIpc) is 3.02. The molecule has 3 rings (SSSR count). The summed E-state index contributed by atoms with van der Waals surface area (Å²) in [5.74, 6) is -0.253. The molecule has 1 amide bonds. The number of halogens is 1. The number of aryl methyl sites for hydroxylation is 1. The van der Waals surface area contributed by atoms with Crippen LogP contribution in [-0.2, 0) is 0 Å². The minimum absolute atomic E-state index is 0.253. The number of hydrogen-bond donors (Lipinski definition) is 1. The van der Waals surface area contributed by atoms with E-state index in [0.717, 1.165) is 31.4 Å². The molecule has 0 spiro atoms. The van der Waals surface area contributed by atoms with Gasteiger partial charge in [-0.15, -0.1) is 0 Å². The molecular weight excluding hydrogens is 276 g/mol. The van der Waals surface area contributed by atoms with E-state index < -0.39 is 0 Å². The van der Waals surface area contributed by atoms with E-state index in [1.807, 2.05) is 0 Å². The van der Waals surface area contributed by atoms with Crippen molar-refractivity contribution >= 4 is 28.9 Å². The molecule has 104 valence electrons. The summed E-state index contributed by atoms with van der Waals surface area (Å²) >= 11 is 5.98. The Kier molecular flexibility index (Phi) is 3.44. The highest BCUT2D eigenvalue weighted by atomic mass is 35.5. The molecule has 0 atom stereocenters. The van der Waals surface area contributed by atoms with Crippen LogP contribution in [-0.4, -0.2) is 21.0 Å². The van der Waals surface area contributed by atoms with Crippen molar-refractivity contribution in [2.75, 3.05) is 0 Å². The quantitative estimate of drug-likeness (QED) is 0.865. The Morgan fingerprint density at radius 3 is 2.90 bits per heavy atom. The molecule has 1 aliphatic rings. The van der Waals surface area contributed by atoms with E-state index in [0.29, 0.717) is 22.1 Å². The summed E-state index contributed by atoms with van der Waals surface area (Å²) in [6, 6.07) is 3.54. The smallest absolute Gasteiger partial charge is 0.290 e. The second-order valence-electron chi connectivity index (χ2n) is 4.95. The maximum atomic E-state index is 12.3. The van der Waals surface area contributed by atoms with Gasteiger partial charge in [-0.2, -0.15) is 5.10 Å². The van der Waals surface area contributed by atoms with Crippen LogP contribution < -0.4 is 5.43 Å². The number of nitrogens with zero attached hydrogens (tertiary/aromatic N) is 3. The largest absolute Gasteiger partial charge is 0.294 e. The third kappa shape index (κ3) is 2.41. The topological polar surface area (TPSA) is 58.8 Å². The van der Waals surface area contributed by atoms with Crippen molar-refractivity contribution in [1.29, 1.82) is 0 Å². The summed E-state index contributed by atoms with van der Waals surface area (Å²) in [7, 11) is 0. The number of nitrogens with one attached hydrogen (secondary N) is 1. The zero-order valence-corrected chi connectivity index (χ0v) is 11.9. The fourth-order valence-electron chi connectivity index (χ4n) is 2.49. The second-order valence-corrected chi connectivity index (χ2v) is 5.38. The number of imidazole rings is 1. The predicted octanol–water partition coefficient (Wildman–Crippen LogP) is 2.96. The lowest BCUT2D eigenvalue weighted by molar-refractivity contribution is 0.0948. The molecule has 0 aromatic carbocycles. The van der Waals surface area contributed by atoms with Crippen LogP contribution in [0, 0.1) is 6.92 Å². The predicted molar refractivity (Wildman–Crippen MR) is 78.3 cm³/mol. The fraction of sp³-hybridized carbons (Fsp3) is 0.357. The molecule has 20 heavy (non-hydrogen) atoms. The van der Waals surface area contributed by atoms with Crippen molar-refractivity contribution < 1.29 is 4.79 Å². The molecule has 6 heteroatoms. The average molecular weight is 291 g/mol. The number of pyridine rings is 1. The molecule has 0 saturated heterocycles. The number of hydrazone groups is 1. The summed E-state index contributed by atoms with van der Waals surface area (Å²) in [5.41, 5.74) is 5.52. The van der Waals surface area contributed by atoms with Crippen LogP contribution in [0.15, 0.2) is 23.4 Å². The summed E-state index contributed by atoms with van der Waals surface area (Å²) in [4.78, 5) is 16.6. The number of amides is 1. The molecule has 1 saturated carbocycles. The second kappa shape index (κ2) is 5.25. The first-order valence-electron chi connectivity index (χ1n) is 6.65. The molecule has 5 nitrogen and oxygen atoms in total. The lowest BCUT2D eigenvalue weighted by atomic mass is 10.3. The van der Waals surface area contributed by atoms with E-state index in [1.165, 1.54) is 0 Å². The van der Waals surface area contributed by atoms with Gasteiger partial charge in [0.05, 0.1) is 10.7 Å². The van der Waals surface area contributed by atoms with E-state index >= 15 is 0 Å². The Bertz CT molecular complexity index is 697. The number of carbonyl (C=O) groups is 1. The maximum Gasteiger partial charge on any atom is 0.290 e. The van der Waals surface area contributed by atoms with Crippen LogP contribution in [0.25, 0.3) is 5.65 Å². The molecule has 2 aromatic heterocycles. The van der Waals surface area contributed by atoms with Crippen LogP contribution in [0.3, 0.4) is 0 Å². The monoisotopic (exact) mass is 290 g/mol. The standard InChI is InChI=1S/C14H15ClN4O/c1-9-13(14(20)18-17-11-4-2-3-5-11)19-8-10(15)6-7-12(19)16-9/h6-8H,2-5H2,1H3,(H,18,20). The van der Waals surface area contributed by atoms with Crippen molar-refractivity contribution in [2.45, 2.75) is 32.6 Å². The molecule has 2 heterocycles. The number of fused-ring (bicyclic) bond motifs is 1. The molecule has 1 aliphatic carbocycles. The Hall–Kier alpha value is -1.88. The van der Waals surface area contributed by atoms with Gasteiger partial charge in [0, 0.05) is 11.9 Å². The molecule has 0 radical (unpaired) electrons. The summed E-state index contributed by atoms with van der Waals surface area (Å²) in [6.07, 6.45) is 5.93. The first-order chi connectivity index (χ1) is 9.65. The number of rotatable bonds is 2. The van der Waals surface area contributed by atoms with Crippen molar-refractivity contribution in [3.8, 4) is 0 Å². The molecule has 2 aromatic rings. The first-order valence-corrected chi connectivity index (χ1v) is 7.03. The van der Waals surface area contributed by atoms with Gasteiger partial charge in [0.1, 0.15) is 11.3 Å². The molecule has 1 fully saturated rings. The van der Waals surface area contributed by atoms with E-state index in [4.69, 9.17) is 11.6 Å². The van der Waals surface area contributed by atoms with Crippen molar-refractivity contribution in [2.24, 2.45) is 5.10 Å². The Balaban J connectivity index is 1.92. The lowest BCUT2D eigenvalue weighted by Gasteiger charge is -2.03. The highest BCUT2D eigenvalue weighted by Crippen LogP contribution is 2.17. The highest BCUT2D eigenvalue weighted by molar-refractivity contribution is 6.30. The number of carbonyl (C=O) groups excluding carboxylic acids is 1. The summed E-state index contributed by atoms with van der Waals surface area (Å²) in [5, 5.41) is 4.75. The van der Waals surface area contributed by atoms with Gasteiger partial charge in [0.2, 0.25) is 0 Å². The zero-order valence-electron chi connectivity index (χ0n) is 11.2. The summed E-state index contributed by atoms with van der Waals surface area (Å²) in [6.45, 7) is 1.80. The number of aromatic nitrogens is 2. The summed E-state index contributed by atoms with van der Waals surface area (Å²) < 4.78 is 1.70. The van der Waals surface area contributed by atoms with Gasteiger partial charge < -0.3 is 0 Å². The van der Waals surface area contributed by atoms with Gasteiger partial charge in [-0.1, -0.05) is 11.6 Å². The molecule has 1 N–H and O–H groups in total. The van der Waals surface area contributed by atoms with E-state index in [-0.39, 0.29) is 5.91 Å². The molecular formula is C14H15ClN4O. The van der Waals surface area contributed by atoms with Gasteiger partial charge in [0.25, 0.3) is 5.91 Å². The molecule has 0 unspecified atom stereocenters. The highest BCUT2D eigenvalue weighted by Gasteiger charge is 2.17. The van der Waals surface area contributed by atoms with Crippen LogP contribution in [0.5, 0.6) is 0 Å². The van der Waals surface area contributed by atoms with E-state index in [1.54, 1.807) is 29.7 Å². The van der Waals surface area contributed by atoms with Crippen LogP contribution in [0.1, 0.15) is 41.9 Å². The number of hydrogen-bond acceptors (Lipinski definition) is 3. The Morgan fingerprint density at radius 2 is 2.15 bits per heavy atom. The Labute approximate surface area is 121 Å². The first kappa shape index (κ1) is 13.1. The minimum Gasteiger partial charge on any atom is -0.294 e. The normalized spacial score (nSPS) is 14.8. The lowest BCUT2D eigenvalue weighted by Crippen LogP contribution is -2.21. The van der Waals surface area contributed by atoms with E-state index in [9.17, 15) is 4.79 Å². The van der Waals surface area contributed by atoms with Gasteiger partial charge in [0.15, 0.2) is 0 Å². The fourth-order valence-corrected chi connectivity index (χ4v) is 2.65.